The molecule has 0 bridgehead atoms. The van der Waals surface area contributed by atoms with Gasteiger partial charge in [-0.25, -0.2) is 4.98 Å². The number of pyridine rings is 2. The van der Waals surface area contributed by atoms with Crippen molar-refractivity contribution in [2.75, 3.05) is 12.8 Å². The van der Waals surface area contributed by atoms with E-state index in [-0.39, 0.29) is 5.88 Å². The Bertz CT molecular complexity index is 1180. The zero-order valence-electron chi connectivity index (χ0n) is 15.0. The van der Waals surface area contributed by atoms with Crippen LogP contribution in [0.4, 0.5) is 5.69 Å². The van der Waals surface area contributed by atoms with Crippen LogP contribution in [-0.2, 0) is 0 Å². The van der Waals surface area contributed by atoms with Gasteiger partial charge in [0.05, 0.1) is 29.2 Å². The van der Waals surface area contributed by atoms with Crippen molar-refractivity contribution in [3.05, 3.63) is 42.9 Å². The van der Waals surface area contributed by atoms with Crippen molar-refractivity contribution < 1.29 is 9.84 Å². The molecule has 0 amide bonds. The zero-order valence-corrected chi connectivity index (χ0v) is 15.0. The van der Waals surface area contributed by atoms with Gasteiger partial charge in [-0.05, 0) is 25.3 Å². The summed E-state index contributed by atoms with van der Waals surface area (Å²) >= 11 is 0. The molecule has 0 unspecified atom stereocenters. The minimum atomic E-state index is 0.214. The van der Waals surface area contributed by atoms with E-state index in [1.807, 2.05) is 35.0 Å². The molecule has 0 atom stereocenters. The highest BCUT2D eigenvalue weighted by Gasteiger charge is 2.25. The Balaban J connectivity index is 1.82. The van der Waals surface area contributed by atoms with Gasteiger partial charge < -0.3 is 20.1 Å². The van der Waals surface area contributed by atoms with E-state index in [0.717, 1.165) is 40.6 Å². The lowest BCUT2D eigenvalue weighted by Crippen LogP contribution is -2.15. The molecule has 1 aliphatic rings. The minimum absolute atomic E-state index is 0.214. The van der Waals surface area contributed by atoms with Crippen LogP contribution in [0.25, 0.3) is 32.9 Å². The number of hydrogen-bond acceptors (Lipinski definition) is 5. The lowest BCUT2D eigenvalue weighted by atomic mass is 9.93. The first-order chi connectivity index (χ1) is 13.2. The molecule has 6 heteroatoms. The summed E-state index contributed by atoms with van der Waals surface area (Å²) in [6, 6.07) is 8.02. The summed E-state index contributed by atoms with van der Waals surface area (Å²) in [5.41, 5.74) is 10.3. The predicted octanol–water partition coefficient (Wildman–Crippen LogP) is 4.27. The van der Waals surface area contributed by atoms with Crippen molar-refractivity contribution >= 4 is 27.5 Å². The van der Waals surface area contributed by atoms with Crippen molar-refractivity contribution in [1.29, 1.82) is 0 Å². The summed E-state index contributed by atoms with van der Waals surface area (Å²) in [7, 11) is 1.64. The molecule has 1 aromatic carbocycles. The Kier molecular flexibility index (Phi) is 3.47. The van der Waals surface area contributed by atoms with Crippen LogP contribution in [0.15, 0.2) is 42.9 Å². The van der Waals surface area contributed by atoms with Gasteiger partial charge in [0, 0.05) is 41.1 Å². The van der Waals surface area contributed by atoms with Gasteiger partial charge in [-0.3, -0.25) is 4.98 Å². The molecule has 1 saturated carbocycles. The van der Waals surface area contributed by atoms with Crippen LogP contribution in [-0.4, -0.2) is 26.8 Å². The molecule has 0 saturated heterocycles. The van der Waals surface area contributed by atoms with E-state index >= 15 is 0 Å². The Morgan fingerprint density at radius 3 is 2.81 bits per heavy atom. The van der Waals surface area contributed by atoms with E-state index in [1.54, 1.807) is 19.5 Å². The third-order valence-corrected chi connectivity index (χ3v) is 5.57. The molecule has 1 aliphatic carbocycles. The second-order valence-electron chi connectivity index (χ2n) is 7.01. The largest absolute Gasteiger partial charge is 0.496 e. The third kappa shape index (κ3) is 2.26. The topological polar surface area (TPSA) is 86.2 Å². The number of aromatic hydroxyl groups is 1. The molecule has 0 radical (unpaired) electrons. The fourth-order valence-electron chi connectivity index (χ4n) is 3.90. The highest BCUT2D eigenvalue weighted by atomic mass is 16.5. The molecule has 3 heterocycles. The molecular weight excluding hydrogens is 340 g/mol. The number of anilines is 1. The minimum Gasteiger partial charge on any atom is -0.496 e. The van der Waals surface area contributed by atoms with E-state index in [4.69, 9.17) is 15.5 Å². The van der Waals surface area contributed by atoms with Gasteiger partial charge in [0.25, 0.3) is 0 Å². The van der Waals surface area contributed by atoms with Gasteiger partial charge in [0.15, 0.2) is 0 Å². The second kappa shape index (κ2) is 5.87. The summed E-state index contributed by atoms with van der Waals surface area (Å²) in [5.74, 6) is 0.943. The number of hydrogen-bond donors (Lipinski definition) is 2. The number of benzene rings is 1. The van der Waals surface area contributed by atoms with Gasteiger partial charge in [-0.1, -0.05) is 18.2 Å². The van der Waals surface area contributed by atoms with E-state index in [9.17, 15) is 5.11 Å². The molecule has 0 aliphatic heterocycles. The van der Waals surface area contributed by atoms with Gasteiger partial charge >= 0.3 is 0 Å². The number of methoxy groups -OCH3 is 1. The molecule has 3 aromatic heterocycles. The number of para-hydroxylation sites is 1. The summed E-state index contributed by atoms with van der Waals surface area (Å²) < 4.78 is 7.42. The Labute approximate surface area is 156 Å². The number of rotatable bonds is 3. The summed E-state index contributed by atoms with van der Waals surface area (Å²) in [6.07, 6.45) is 8.73. The molecule has 0 spiro atoms. The maximum atomic E-state index is 10.7. The standard InChI is InChI=1S/C21H20N4O2/c1-27-17-8-9-23-10-15(17)13-6-3-7-14-19(22)18-16(24-20(13)14)11-25(21(18)26)12-4-2-5-12/h3,6-12,26H,2,4-5,22H2,1H3. The summed E-state index contributed by atoms with van der Waals surface area (Å²) in [6.45, 7) is 0. The number of ether oxygens (including phenoxy) is 1. The molecule has 3 N–H and O–H groups in total. The number of aromatic nitrogens is 3. The lowest BCUT2D eigenvalue weighted by molar-refractivity contribution is 0.283. The van der Waals surface area contributed by atoms with E-state index < -0.39 is 0 Å². The normalized spacial score (nSPS) is 14.6. The van der Waals surface area contributed by atoms with Crippen molar-refractivity contribution in [2.24, 2.45) is 0 Å². The van der Waals surface area contributed by atoms with Crippen LogP contribution in [0.1, 0.15) is 25.3 Å². The van der Waals surface area contributed by atoms with Crippen molar-refractivity contribution in [3.63, 3.8) is 0 Å². The molecule has 6 nitrogen and oxygen atoms in total. The van der Waals surface area contributed by atoms with Crippen LogP contribution < -0.4 is 10.5 Å². The summed E-state index contributed by atoms with van der Waals surface area (Å²) in [5, 5.41) is 12.2. The van der Waals surface area contributed by atoms with E-state index in [2.05, 4.69) is 4.98 Å². The third-order valence-electron chi connectivity index (χ3n) is 5.57. The Morgan fingerprint density at radius 1 is 1.22 bits per heavy atom. The van der Waals surface area contributed by atoms with Crippen LogP contribution in [0, 0.1) is 0 Å². The highest BCUT2D eigenvalue weighted by Crippen LogP contribution is 2.43. The average Bonchev–Trinajstić information content (AvgIpc) is 2.96. The molecule has 136 valence electrons. The molecule has 5 rings (SSSR count). The van der Waals surface area contributed by atoms with Crippen LogP contribution in [0.5, 0.6) is 11.6 Å². The van der Waals surface area contributed by atoms with Gasteiger partial charge in [0.1, 0.15) is 5.75 Å². The van der Waals surface area contributed by atoms with Gasteiger partial charge in [-0.2, -0.15) is 0 Å². The zero-order chi connectivity index (χ0) is 18.5. The molecule has 4 aromatic rings. The first-order valence-corrected chi connectivity index (χ1v) is 9.09. The average molecular weight is 360 g/mol. The van der Waals surface area contributed by atoms with Crippen molar-refractivity contribution in [2.45, 2.75) is 25.3 Å². The van der Waals surface area contributed by atoms with Crippen molar-refractivity contribution in [3.8, 4) is 22.8 Å². The fraction of sp³-hybridized carbons (Fsp3) is 0.238. The monoisotopic (exact) mass is 360 g/mol. The second-order valence-corrected chi connectivity index (χ2v) is 7.01. The van der Waals surface area contributed by atoms with Gasteiger partial charge in [0.2, 0.25) is 5.88 Å². The first-order valence-electron chi connectivity index (χ1n) is 9.09. The SMILES string of the molecule is COc1ccncc1-c1cccc2c(N)c3c(O)n(C4CCC4)cc3nc12. The first kappa shape index (κ1) is 15.9. The Hall–Kier alpha value is -3.28. The maximum absolute atomic E-state index is 10.7. The van der Waals surface area contributed by atoms with Crippen molar-refractivity contribution in [1.82, 2.24) is 14.5 Å². The molecule has 27 heavy (non-hydrogen) atoms. The van der Waals surface area contributed by atoms with E-state index in [1.165, 1.54) is 6.42 Å². The number of nitrogens with two attached hydrogens (primary N) is 1. The number of nitrogens with zero attached hydrogens (tertiary/aromatic N) is 3. The number of fused-ring (bicyclic) bond motifs is 2. The molecular formula is C21H20N4O2. The number of nitrogen functional groups attached to an aromatic ring is 1. The Morgan fingerprint density at radius 2 is 2.07 bits per heavy atom. The van der Waals surface area contributed by atoms with E-state index in [0.29, 0.717) is 22.6 Å². The van der Waals surface area contributed by atoms with Crippen LogP contribution in [0.3, 0.4) is 0 Å². The lowest BCUT2D eigenvalue weighted by Gasteiger charge is -2.27. The smallest absolute Gasteiger partial charge is 0.203 e. The quantitative estimate of drug-likeness (QED) is 0.570. The van der Waals surface area contributed by atoms with Crippen LogP contribution >= 0.6 is 0 Å². The predicted molar refractivity (Wildman–Crippen MR) is 106 cm³/mol. The maximum Gasteiger partial charge on any atom is 0.203 e. The van der Waals surface area contributed by atoms with Crippen LogP contribution in [0.2, 0.25) is 0 Å². The fourth-order valence-corrected chi connectivity index (χ4v) is 3.90. The van der Waals surface area contributed by atoms with Gasteiger partial charge in [-0.15, -0.1) is 0 Å². The summed E-state index contributed by atoms with van der Waals surface area (Å²) in [4.78, 5) is 9.11. The highest BCUT2D eigenvalue weighted by molar-refractivity contribution is 6.12. The molecule has 1 fully saturated rings.